The van der Waals surface area contributed by atoms with Crippen molar-refractivity contribution in [2.45, 2.75) is 6.42 Å². The average Bonchev–Trinajstić information content (AvgIpc) is 2.49. The first-order valence-electron chi connectivity index (χ1n) is 6.65. The zero-order valence-corrected chi connectivity index (χ0v) is 14.2. The highest BCUT2D eigenvalue weighted by Crippen LogP contribution is 2.12. The quantitative estimate of drug-likeness (QED) is 0.420. The Bertz CT molecular complexity index is 480. The smallest absolute Gasteiger partial charge is 0.269 e. The Morgan fingerprint density at radius 3 is 2.76 bits per heavy atom. The van der Waals surface area contributed by atoms with Crippen LogP contribution in [0.4, 0.5) is 5.69 Å². The van der Waals surface area contributed by atoms with Gasteiger partial charge in [-0.25, -0.2) is 0 Å². The van der Waals surface area contributed by atoms with E-state index in [0.717, 1.165) is 24.4 Å². The number of amides is 1. The first kappa shape index (κ1) is 17.6. The van der Waals surface area contributed by atoms with E-state index < -0.39 is 0 Å². The molecule has 0 aliphatic carbocycles. The molecule has 0 saturated carbocycles. The van der Waals surface area contributed by atoms with Crippen molar-refractivity contribution in [1.29, 1.82) is 0 Å². The molecule has 0 spiro atoms. The minimum Gasteiger partial charge on any atom is -0.378 e. The standard InChI is InChI=1S/C14H22N4OS2/c1-18(2)12-7-4-6-11(10-12)13(19)16-17-14(20)15-8-5-9-21-3/h4,6-7,10H,5,8-9H2,1-3H3,(H,16,19)(H2,15,17,20). The van der Waals surface area contributed by atoms with Crippen LogP contribution in [0.5, 0.6) is 0 Å². The van der Waals surface area contributed by atoms with Crippen LogP contribution in [0.1, 0.15) is 16.8 Å². The molecular formula is C14H22N4OS2. The lowest BCUT2D eigenvalue weighted by atomic mass is 10.2. The molecule has 0 atom stereocenters. The van der Waals surface area contributed by atoms with Gasteiger partial charge >= 0.3 is 0 Å². The van der Waals surface area contributed by atoms with Gasteiger partial charge in [-0.15, -0.1) is 0 Å². The van der Waals surface area contributed by atoms with Crippen LogP contribution in [0.3, 0.4) is 0 Å². The molecule has 0 bridgehead atoms. The molecule has 5 nitrogen and oxygen atoms in total. The first-order chi connectivity index (χ1) is 10.0. The number of rotatable bonds is 6. The summed E-state index contributed by atoms with van der Waals surface area (Å²) in [4.78, 5) is 14.0. The molecule has 0 fully saturated rings. The third-order valence-corrected chi connectivity index (χ3v) is 3.67. The lowest BCUT2D eigenvalue weighted by Gasteiger charge is -2.14. The largest absolute Gasteiger partial charge is 0.378 e. The maximum atomic E-state index is 12.0. The minimum atomic E-state index is -0.216. The van der Waals surface area contributed by atoms with Gasteiger partial charge in [0.2, 0.25) is 0 Å². The van der Waals surface area contributed by atoms with Crippen LogP contribution in [-0.4, -0.2) is 43.7 Å². The van der Waals surface area contributed by atoms with Gasteiger partial charge in [-0.05, 0) is 48.8 Å². The van der Waals surface area contributed by atoms with Crippen LogP contribution in [0, 0.1) is 0 Å². The summed E-state index contributed by atoms with van der Waals surface area (Å²) in [5, 5.41) is 3.46. The summed E-state index contributed by atoms with van der Waals surface area (Å²) in [6.45, 7) is 0.790. The Kier molecular flexibility index (Phi) is 7.92. The topological polar surface area (TPSA) is 56.4 Å². The van der Waals surface area contributed by atoms with Crippen LogP contribution in [0.25, 0.3) is 0 Å². The maximum Gasteiger partial charge on any atom is 0.269 e. The second-order valence-electron chi connectivity index (χ2n) is 4.63. The number of benzene rings is 1. The molecule has 0 heterocycles. The maximum absolute atomic E-state index is 12.0. The van der Waals surface area contributed by atoms with Gasteiger partial charge < -0.3 is 10.2 Å². The second-order valence-corrected chi connectivity index (χ2v) is 6.02. The van der Waals surface area contributed by atoms with Crippen molar-refractivity contribution in [3.05, 3.63) is 29.8 Å². The highest BCUT2D eigenvalue weighted by atomic mass is 32.2. The Morgan fingerprint density at radius 2 is 2.10 bits per heavy atom. The molecule has 0 radical (unpaired) electrons. The van der Waals surface area contributed by atoms with E-state index >= 15 is 0 Å². The van der Waals surface area contributed by atoms with E-state index in [4.69, 9.17) is 12.2 Å². The van der Waals surface area contributed by atoms with E-state index in [0.29, 0.717) is 10.7 Å². The molecule has 7 heteroatoms. The zero-order chi connectivity index (χ0) is 15.7. The van der Waals surface area contributed by atoms with E-state index in [1.54, 1.807) is 17.8 Å². The summed E-state index contributed by atoms with van der Waals surface area (Å²) in [5.41, 5.74) is 6.85. The Balaban J connectivity index is 2.39. The van der Waals surface area contributed by atoms with Crippen molar-refractivity contribution in [1.82, 2.24) is 16.2 Å². The minimum absolute atomic E-state index is 0.216. The molecule has 1 aromatic rings. The number of hydrogen-bond acceptors (Lipinski definition) is 4. The van der Waals surface area contributed by atoms with Crippen LogP contribution >= 0.6 is 24.0 Å². The lowest BCUT2D eigenvalue weighted by Crippen LogP contribution is -2.47. The molecule has 0 saturated heterocycles. The number of hydrazine groups is 1. The molecule has 1 rings (SSSR count). The van der Waals surface area contributed by atoms with Gasteiger partial charge in [0.1, 0.15) is 0 Å². The molecule has 1 aromatic carbocycles. The van der Waals surface area contributed by atoms with Gasteiger partial charge in [0.25, 0.3) is 5.91 Å². The fraction of sp³-hybridized carbons (Fsp3) is 0.429. The van der Waals surface area contributed by atoms with E-state index in [2.05, 4.69) is 22.4 Å². The number of carbonyl (C=O) groups is 1. The van der Waals surface area contributed by atoms with Crippen LogP contribution < -0.4 is 21.1 Å². The summed E-state index contributed by atoms with van der Waals surface area (Å²) in [5.74, 6) is 0.867. The summed E-state index contributed by atoms with van der Waals surface area (Å²) in [6, 6.07) is 7.39. The van der Waals surface area contributed by atoms with Gasteiger partial charge in [-0.3, -0.25) is 15.6 Å². The molecule has 3 N–H and O–H groups in total. The summed E-state index contributed by atoms with van der Waals surface area (Å²) in [6.07, 6.45) is 3.10. The second kappa shape index (κ2) is 9.46. The van der Waals surface area contributed by atoms with Gasteiger partial charge in [0.05, 0.1) is 0 Å². The van der Waals surface area contributed by atoms with Crippen molar-refractivity contribution in [2.24, 2.45) is 0 Å². The number of anilines is 1. The first-order valence-corrected chi connectivity index (χ1v) is 8.45. The van der Waals surface area contributed by atoms with Gasteiger partial charge in [0.15, 0.2) is 5.11 Å². The molecule has 0 unspecified atom stereocenters. The number of thioether (sulfide) groups is 1. The van der Waals surface area contributed by atoms with Crippen molar-refractivity contribution in [3.63, 3.8) is 0 Å². The summed E-state index contributed by atoms with van der Waals surface area (Å²) < 4.78 is 0. The van der Waals surface area contributed by atoms with Crippen molar-refractivity contribution < 1.29 is 4.79 Å². The zero-order valence-electron chi connectivity index (χ0n) is 12.6. The molecule has 21 heavy (non-hydrogen) atoms. The van der Waals surface area contributed by atoms with Crippen molar-refractivity contribution in [2.75, 3.05) is 37.5 Å². The highest BCUT2D eigenvalue weighted by molar-refractivity contribution is 7.98. The normalized spacial score (nSPS) is 9.86. The number of hydrogen-bond donors (Lipinski definition) is 3. The Labute approximate surface area is 135 Å². The monoisotopic (exact) mass is 326 g/mol. The highest BCUT2D eigenvalue weighted by Gasteiger charge is 2.07. The summed E-state index contributed by atoms with van der Waals surface area (Å²) >= 11 is 6.88. The Morgan fingerprint density at radius 1 is 1.33 bits per heavy atom. The molecule has 0 aromatic heterocycles. The number of thiocarbonyl (C=S) groups is 1. The van der Waals surface area contributed by atoms with Crippen LogP contribution in [0.2, 0.25) is 0 Å². The van der Waals surface area contributed by atoms with E-state index in [1.165, 1.54) is 0 Å². The van der Waals surface area contributed by atoms with Crippen LogP contribution in [0.15, 0.2) is 24.3 Å². The molecule has 0 aliphatic rings. The summed E-state index contributed by atoms with van der Waals surface area (Å²) in [7, 11) is 3.87. The fourth-order valence-electron chi connectivity index (χ4n) is 1.57. The van der Waals surface area contributed by atoms with E-state index in [-0.39, 0.29) is 5.91 Å². The fourth-order valence-corrected chi connectivity index (χ4v) is 2.16. The third kappa shape index (κ3) is 6.68. The molecule has 1 amide bonds. The van der Waals surface area contributed by atoms with Gasteiger partial charge in [0, 0.05) is 31.9 Å². The van der Waals surface area contributed by atoms with Crippen molar-refractivity contribution in [3.8, 4) is 0 Å². The van der Waals surface area contributed by atoms with Gasteiger partial charge in [-0.2, -0.15) is 11.8 Å². The van der Waals surface area contributed by atoms with Crippen molar-refractivity contribution >= 4 is 40.7 Å². The van der Waals surface area contributed by atoms with E-state index in [9.17, 15) is 4.79 Å². The number of nitrogens with zero attached hydrogens (tertiary/aromatic N) is 1. The van der Waals surface area contributed by atoms with Gasteiger partial charge in [-0.1, -0.05) is 6.07 Å². The molecular weight excluding hydrogens is 304 g/mol. The third-order valence-electron chi connectivity index (χ3n) is 2.73. The molecule has 0 aliphatic heterocycles. The Hall–Kier alpha value is -1.47. The number of nitrogens with one attached hydrogen (secondary N) is 3. The van der Waals surface area contributed by atoms with E-state index in [1.807, 2.05) is 37.2 Å². The predicted octanol–water partition coefficient (Wildman–Crippen LogP) is 1.61. The SMILES string of the molecule is CSCCCNC(=S)NNC(=O)c1cccc(N(C)C)c1. The lowest BCUT2D eigenvalue weighted by molar-refractivity contribution is 0.0943. The van der Waals surface area contributed by atoms with Crippen LogP contribution in [-0.2, 0) is 0 Å². The average molecular weight is 326 g/mol. The molecule has 116 valence electrons. The number of carbonyl (C=O) groups excluding carboxylic acids is 1. The predicted molar refractivity (Wildman–Crippen MR) is 95.0 cm³/mol.